The largest absolute Gasteiger partial charge is 0.394 e. The topological polar surface area (TPSA) is 129 Å². The van der Waals surface area contributed by atoms with Gasteiger partial charge >= 0.3 is 0 Å². The Hall–Kier alpha value is -0.320. The molecule has 0 spiro atoms. The van der Waals surface area contributed by atoms with E-state index < -0.39 is 30.5 Å². The van der Waals surface area contributed by atoms with Crippen molar-refractivity contribution in [3.63, 3.8) is 0 Å². The number of ether oxygens (including phenoxy) is 3. The summed E-state index contributed by atoms with van der Waals surface area (Å²) in [5.41, 5.74) is 0. The van der Waals surface area contributed by atoms with Crippen LogP contribution in [0.1, 0.15) is 12.8 Å². The molecule has 2 fully saturated rings. The molecule has 0 aromatic heterocycles. The van der Waals surface area contributed by atoms with Gasteiger partial charge in [0.15, 0.2) is 0 Å². The van der Waals surface area contributed by atoms with Crippen molar-refractivity contribution in [3.05, 3.63) is 0 Å². The third kappa shape index (κ3) is 6.13. The lowest BCUT2D eigenvalue weighted by Crippen LogP contribution is -2.46. The Balaban J connectivity index is 0.000000211. The Morgan fingerprint density at radius 1 is 1.05 bits per heavy atom. The van der Waals surface area contributed by atoms with Crippen LogP contribution in [0.3, 0.4) is 0 Å². The van der Waals surface area contributed by atoms with Gasteiger partial charge in [-0.3, -0.25) is 0 Å². The lowest BCUT2D eigenvalue weighted by Gasteiger charge is -2.30. The maximum Gasteiger partial charge on any atom is 0.109 e. The average molecular weight is 310 g/mol. The van der Waals surface area contributed by atoms with Crippen LogP contribution < -0.4 is 0 Å². The molecule has 0 amide bonds. The molecular weight excluding hydrogens is 284 g/mol. The van der Waals surface area contributed by atoms with Crippen molar-refractivity contribution in [3.8, 4) is 0 Å². The Morgan fingerprint density at radius 2 is 1.76 bits per heavy atom. The van der Waals surface area contributed by atoms with E-state index in [1.165, 1.54) is 0 Å². The monoisotopic (exact) mass is 310 g/mol. The van der Waals surface area contributed by atoms with Crippen molar-refractivity contribution >= 4 is 0 Å². The van der Waals surface area contributed by atoms with E-state index in [9.17, 15) is 5.11 Å². The molecule has 126 valence electrons. The molecule has 6 atom stereocenters. The van der Waals surface area contributed by atoms with Gasteiger partial charge in [0.2, 0.25) is 0 Å². The van der Waals surface area contributed by atoms with Crippen LogP contribution in [0.25, 0.3) is 0 Å². The molecule has 2 saturated heterocycles. The first-order valence-corrected chi connectivity index (χ1v) is 7.04. The highest BCUT2D eigenvalue weighted by Gasteiger charge is 2.30. The quantitative estimate of drug-likeness (QED) is 0.391. The molecule has 21 heavy (non-hydrogen) atoms. The molecule has 0 bridgehead atoms. The highest BCUT2D eigenvalue weighted by molar-refractivity contribution is 4.80. The van der Waals surface area contributed by atoms with E-state index >= 15 is 0 Å². The summed E-state index contributed by atoms with van der Waals surface area (Å²) in [4.78, 5) is 0. The number of aliphatic hydroxyl groups excluding tert-OH is 5. The first-order valence-electron chi connectivity index (χ1n) is 7.04. The smallest absolute Gasteiger partial charge is 0.109 e. The standard InChI is InChI=1S/C7H14O4.C6H12O4/c1-10-4-7-6(9)2-5(8)3-11-7;7-3-5-6(9)4(8)1-2-10-5/h5-9H,2-4H2,1H3;4-9H,1-3H2. The van der Waals surface area contributed by atoms with Gasteiger partial charge in [0.25, 0.3) is 0 Å². The summed E-state index contributed by atoms with van der Waals surface area (Å²) in [6.45, 7) is 0.848. The molecule has 2 rings (SSSR count). The van der Waals surface area contributed by atoms with Crippen LogP contribution >= 0.6 is 0 Å². The molecule has 2 aliphatic rings. The first kappa shape index (κ1) is 18.7. The van der Waals surface area contributed by atoms with Crippen molar-refractivity contribution < 1.29 is 39.7 Å². The lowest BCUT2D eigenvalue weighted by atomic mass is 10.0. The van der Waals surface area contributed by atoms with Gasteiger partial charge in [-0.25, -0.2) is 0 Å². The zero-order chi connectivity index (χ0) is 15.8. The van der Waals surface area contributed by atoms with Gasteiger partial charge < -0.3 is 39.7 Å². The first-order chi connectivity index (χ1) is 9.99. The van der Waals surface area contributed by atoms with Gasteiger partial charge in [0.05, 0.1) is 38.1 Å². The van der Waals surface area contributed by atoms with E-state index in [0.29, 0.717) is 32.7 Å². The maximum atomic E-state index is 9.31. The van der Waals surface area contributed by atoms with Gasteiger partial charge in [-0.15, -0.1) is 0 Å². The van der Waals surface area contributed by atoms with E-state index in [1.54, 1.807) is 7.11 Å². The number of methoxy groups -OCH3 is 1. The maximum absolute atomic E-state index is 9.31. The number of hydrogen-bond acceptors (Lipinski definition) is 8. The van der Waals surface area contributed by atoms with Crippen LogP contribution in [0, 0.1) is 0 Å². The van der Waals surface area contributed by atoms with E-state index in [0.717, 1.165) is 0 Å². The van der Waals surface area contributed by atoms with E-state index in [-0.39, 0.29) is 12.7 Å². The third-order valence-corrected chi connectivity index (χ3v) is 3.48. The molecular formula is C13H26O8. The molecule has 0 aliphatic carbocycles. The van der Waals surface area contributed by atoms with Gasteiger partial charge in [0.1, 0.15) is 18.3 Å². The van der Waals surface area contributed by atoms with Crippen LogP contribution in [0.5, 0.6) is 0 Å². The molecule has 8 heteroatoms. The predicted molar refractivity (Wildman–Crippen MR) is 71.7 cm³/mol. The number of hydrogen-bond donors (Lipinski definition) is 5. The summed E-state index contributed by atoms with van der Waals surface area (Å²) in [5, 5.41) is 45.1. The van der Waals surface area contributed by atoms with Crippen LogP contribution in [-0.2, 0) is 14.2 Å². The third-order valence-electron chi connectivity index (χ3n) is 3.48. The zero-order valence-corrected chi connectivity index (χ0v) is 12.2. The predicted octanol–water partition coefficient (Wildman–Crippen LogP) is -2.37. The molecule has 8 nitrogen and oxygen atoms in total. The van der Waals surface area contributed by atoms with Gasteiger partial charge in [0, 0.05) is 20.1 Å². The van der Waals surface area contributed by atoms with Crippen LogP contribution in [0.2, 0.25) is 0 Å². The molecule has 5 N–H and O–H groups in total. The Morgan fingerprint density at radius 3 is 2.29 bits per heavy atom. The van der Waals surface area contributed by atoms with Crippen molar-refractivity contribution in [2.24, 2.45) is 0 Å². The minimum absolute atomic E-state index is 0.238. The minimum atomic E-state index is -0.932. The molecule has 0 saturated carbocycles. The van der Waals surface area contributed by atoms with Crippen molar-refractivity contribution in [1.29, 1.82) is 0 Å². The Labute approximate surface area is 123 Å². The normalized spacial score (nSPS) is 40.3. The summed E-state index contributed by atoms with van der Waals surface area (Å²) in [5.74, 6) is 0. The molecule has 0 aromatic rings. The average Bonchev–Trinajstić information content (AvgIpc) is 2.46. The summed E-state index contributed by atoms with van der Waals surface area (Å²) in [6, 6.07) is 0. The van der Waals surface area contributed by atoms with Crippen LogP contribution in [0.15, 0.2) is 0 Å². The highest BCUT2D eigenvalue weighted by atomic mass is 16.5. The molecule has 2 heterocycles. The van der Waals surface area contributed by atoms with Crippen molar-refractivity contribution in [2.75, 3.05) is 33.5 Å². The molecule has 2 aliphatic heterocycles. The lowest BCUT2D eigenvalue weighted by molar-refractivity contribution is -0.147. The van der Waals surface area contributed by atoms with Crippen LogP contribution in [-0.4, -0.2) is 95.7 Å². The summed E-state index contributed by atoms with van der Waals surface area (Å²) in [6.07, 6.45) is -2.86. The van der Waals surface area contributed by atoms with Gasteiger partial charge in [-0.2, -0.15) is 0 Å². The van der Waals surface area contributed by atoms with E-state index in [1.807, 2.05) is 0 Å². The molecule has 0 radical (unpaired) electrons. The van der Waals surface area contributed by atoms with Gasteiger partial charge in [-0.1, -0.05) is 0 Å². The summed E-state index contributed by atoms with van der Waals surface area (Å²) < 4.78 is 14.9. The minimum Gasteiger partial charge on any atom is -0.394 e. The summed E-state index contributed by atoms with van der Waals surface area (Å²) in [7, 11) is 1.56. The fraction of sp³-hybridized carbons (Fsp3) is 1.00. The fourth-order valence-electron chi connectivity index (χ4n) is 2.19. The Bertz CT molecular complexity index is 277. The Kier molecular flexibility index (Phi) is 8.60. The van der Waals surface area contributed by atoms with Crippen molar-refractivity contribution in [1.82, 2.24) is 0 Å². The van der Waals surface area contributed by atoms with E-state index in [4.69, 9.17) is 34.6 Å². The fourth-order valence-corrected chi connectivity index (χ4v) is 2.19. The molecule has 0 aromatic carbocycles. The highest BCUT2D eigenvalue weighted by Crippen LogP contribution is 2.14. The van der Waals surface area contributed by atoms with Crippen LogP contribution in [0.4, 0.5) is 0 Å². The number of aliphatic hydroxyl groups is 5. The second-order valence-corrected chi connectivity index (χ2v) is 5.22. The SMILES string of the molecule is COCC1OCC(O)CC1O.OCC1OCCC(O)C1O. The van der Waals surface area contributed by atoms with Gasteiger partial charge in [-0.05, 0) is 6.42 Å². The zero-order valence-electron chi connectivity index (χ0n) is 12.2. The summed E-state index contributed by atoms with van der Waals surface area (Å²) >= 11 is 0. The number of rotatable bonds is 3. The second kappa shape index (κ2) is 9.65. The molecule has 6 unspecified atom stereocenters. The van der Waals surface area contributed by atoms with Crippen molar-refractivity contribution in [2.45, 2.75) is 49.5 Å². The van der Waals surface area contributed by atoms with E-state index in [2.05, 4.69) is 0 Å². The second-order valence-electron chi connectivity index (χ2n) is 5.22.